The molecule has 0 spiro atoms. The molecule has 1 aromatic carbocycles. The van der Waals surface area contributed by atoms with Crippen LogP contribution < -0.4 is 15.6 Å². The molecule has 0 atom stereocenters. The zero-order chi connectivity index (χ0) is 23.4. The Morgan fingerprint density at radius 3 is 2.88 bits per heavy atom. The van der Waals surface area contributed by atoms with Gasteiger partial charge in [0.25, 0.3) is 5.56 Å². The van der Waals surface area contributed by atoms with Gasteiger partial charge in [-0.25, -0.2) is 4.98 Å². The molecule has 0 saturated heterocycles. The van der Waals surface area contributed by atoms with Gasteiger partial charge >= 0.3 is 0 Å². The predicted octanol–water partition coefficient (Wildman–Crippen LogP) is 3.66. The third kappa shape index (κ3) is 4.93. The van der Waals surface area contributed by atoms with Crippen LogP contribution in [0.1, 0.15) is 34.5 Å². The number of carbonyl (C=O) groups excluding carboxylic acids is 1. The minimum Gasteiger partial charge on any atom is -0.487 e. The molecule has 0 aliphatic carbocycles. The number of aromatic nitrogens is 3. The molecule has 0 saturated carbocycles. The summed E-state index contributed by atoms with van der Waals surface area (Å²) in [4.78, 5) is 31.6. The first-order chi connectivity index (χ1) is 15.9. The highest BCUT2D eigenvalue weighted by molar-refractivity contribution is 5.91. The summed E-state index contributed by atoms with van der Waals surface area (Å²) >= 11 is 0. The van der Waals surface area contributed by atoms with Crippen LogP contribution in [0.2, 0.25) is 0 Å². The van der Waals surface area contributed by atoms with Gasteiger partial charge in [-0.1, -0.05) is 12.1 Å². The lowest BCUT2D eigenvalue weighted by molar-refractivity contribution is -0.116. The zero-order valence-electron chi connectivity index (χ0n) is 18.4. The van der Waals surface area contributed by atoms with Gasteiger partial charge in [0.15, 0.2) is 0 Å². The monoisotopic (exact) mass is 441 g/mol. The number of rotatable bonds is 7. The Bertz CT molecular complexity index is 1400. The van der Waals surface area contributed by atoms with E-state index in [1.165, 1.54) is 0 Å². The molecule has 0 aliphatic rings. The molecular formula is C25H23N5O3. The minimum atomic E-state index is -0.402. The molecule has 33 heavy (non-hydrogen) atoms. The van der Waals surface area contributed by atoms with E-state index < -0.39 is 5.56 Å². The smallest absolute Gasteiger partial charge is 0.266 e. The number of H-pyrrole nitrogens is 1. The van der Waals surface area contributed by atoms with Gasteiger partial charge in [-0.3, -0.25) is 9.59 Å². The second kappa shape index (κ2) is 9.40. The van der Waals surface area contributed by atoms with E-state index in [2.05, 4.69) is 15.3 Å². The van der Waals surface area contributed by atoms with Crippen molar-refractivity contribution in [2.24, 2.45) is 0 Å². The van der Waals surface area contributed by atoms with E-state index in [9.17, 15) is 14.9 Å². The molecule has 0 aliphatic heterocycles. The van der Waals surface area contributed by atoms with Gasteiger partial charge in [-0.2, -0.15) is 5.26 Å². The van der Waals surface area contributed by atoms with E-state index >= 15 is 0 Å². The van der Waals surface area contributed by atoms with Crippen molar-refractivity contribution in [1.82, 2.24) is 14.4 Å². The fourth-order valence-corrected chi connectivity index (χ4v) is 3.76. The Balaban J connectivity index is 1.37. The molecule has 0 radical (unpaired) electrons. The lowest BCUT2D eigenvalue weighted by atomic mass is 9.99. The van der Waals surface area contributed by atoms with E-state index in [4.69, 9.17) is 4.74 Å². The quantitative estimate of drug-likeness (QED) is 0.455. The molecule has 8 heteroatoms. The number of ether oxygens (including phenoxy) is 1. The molecule has 1 amide bonds. The Hall–Kier alpha value is -4.38. The molecule has 166 valence electrons. The van der Waals surface area contributed by atoms with Gasteiger partial charge < -0.3 is 19.4 Å². The molecule has 8 nitrogen and oxygen atoms in total. The number of aromatic amines is 1. The number of nitrogens with zero attached hydrogens (tertiary/aromatic N) is 3. The topological polar surface area (TPSA) is 112 Å². The summed E-state index contributed by atoms with van der Waals surface area (Å²) < 4.78 is 7.78. The number of fused-ring (bicyclic) bond motifs is 1. The number of hydrogen-bond donors (Lipinski definition) is 2. The van der Waals surface area contributed by atoms with Crippen molar-refractivity contribution in [1.29, 1.82) is 5.26 Å². The summed E-state index contributed by atoms with van der Waals surface area (Å²) in [5.41, 5.74) is 4.07. The first kappa shape index (κ1) is 21.8. The van der Waals surface area contributed by atoms with E-state index in [1.54, 1.807) is 26.0 Å². The number of anilines is 1. The Kier molecular flexibility index (Phi) is 6.22. The number of amides is 1. The van der Waals surface area contributed by atoms with Crippen molar-refractivity contribution < 1.29 is 9.53 Å². The van der Waals surface area contributed by atoms with Crippen molar-refractivity contribution >= 4 is 17.2 Å². The molecule has 2 N–H and O–H groups in total. The highest BCUT2D eigenvalue weighted by Gasteiger charge is 2.13. The number of nitriles is 1. The van der Waals surface area contributed by atoms with Crippen LogP contribution in [-0.2, 0) is 17.8 Å². The Morgan fingerprint density at radius 2 is 2.09 bits per heavy atom. The minimum absolute atomic E-state index is 0.0893. The van der Waals surface area contributed by atoms with Crippen LogP contribution in [-0.4, -0.2) is 20.3 Å². The maximum atomic E-state index is 12.5. The molecule has 0 fully saturated rings. The second-order valence-electron chi connectivity index (χ2n) is 7.73. The largest absolute Gasteiger partial charge is 0.487 e. The average Bonchev–Trinajstić information content (AvgIpc) is 3.21. The maximum absolute atomic E-state index is 12.5. The molecular weight excluding hydrogens is 418 g/mol. The Labute approximate surface area is 190 Å². The number of hydrogen-bond acceptors (Lipinski definition) is 5. The number of aryl methyl sites for hydroxylation is 1. The SMILES string of the molecule is Cc1[nH]c(=O)c(C#N)c(C)c1CCC(=O)Nc1cccc(OCc2cn3ccccc3n2)c1. The van der Waals surface area contributed by atoms with Gasteiger partial charge in [0.2, 0.25) is 5.91 Å². The van der Waals surface area contributed by atoms with Gasteiger partial charge in [0, 0.05) is 36.3 Å². The number of imidazole rings is 1. The van der Waals surface area contributed by atoms with Crippen LogP contribution in [0.25, 0.3) is 5.65 Å². The summed E-state index contributed by atoms with van der Waals surface area (Å²) in [6, 6.07) is 14.9. The van der Waals surface area contributed by atoms with Gasteiger partial charge in [-0.15, -0.1) is 0 Å². The van der Waals surface area contributed by atoms with Crippen molar-refractivity contribution in [3.05, 3.63) is 93.3 Å². The van der Waals surface area contributed by atoms with E-state index in [-0.39, 0.29) is 17.9 Å². The first-order valence-electron chi connectivity index (χ1n) is 10.5. The summed E-state index contributed by atoms with van der Waals surface area (Å²) in [6.07, 6.45) is 4.47. The lowest BCUT2D eigenvalue weighted by Crippen LogP contribution is -2.18. The normalized spacial score (nSPS) is 10.7. The molecule has 4 rings (SSSR count). The van der Waals surface area contributed by atoms with Crippen LogP contribution in [0.4, 0.5) is 5.69 Å². The lowest BCUT2D eigenvalue weighted by Gasteiger charge is -2.11. The molecule has 0 unspecified atom stereocenters. The van der Waals surface area contributed by atoms with Crippen LogP contribution in [0, 0.1) is 25.2 Å². The van der Waals surface area contributed by atoms with E-state index in [1.807, 2.05) is 53.2 Å². The fraction of sp³-hybridized carbons (Fsp3) is 0.200. The summed E-state index contributed by atoms with van der Waals surface area (Å²) in [7, 11) is 0. The van der Waals surface area contributed by atoms with E-state index in [0.717, 1.165) is 16.9 Å². The number of benzene rings is 1. The summed E-state index contributed by atoms with van der Waals surface area (Å²) in [5.74, 6) is 0.451. The second-order valence-corrected chi connectivity index (χ2v) is 7.73. The van der Waals surface area contributed by atoms with Crippen molar-refractivity contribution in [3.8, 4) is 11.8 Å². The van der Waals surface area contributed by atoms with Crippen molar-refractivity contribution in [2.45, 2.75) is 33.3 Å². The van der Waals surface area contributed by atoms with Crippen molar-refractivity contribution in [2.75, 3.05) is 5.32 Å². The predicted molar refractivity (Wildman–Crippen MR) is 124 cm³/mol. The molecule has 0 bridgehead atoms. The number of nitrogens with one attached hydrogen (secondary N) is 2. The van der Waals surface area contributed by atoms with Gasteiger partial charge in [0.1, 0.15) is 29.6 Å². The molecule has 3 heterocycles. The van der Waals surface area contributed by atoms with E-state index in [0.29, 0.717) is 35.7 Å². The van der Waals surface area contributed by atoms with Gasteiger partial charge in [-0.05, 0) is 55.7 Å². The van der Waals surface area contributed by atoms with Crippen LogP contribution in [0.5, 0.6) is 5.75 Å². The highest BCUT2D eigenvalue weighted by Crippen LogP contribution is 2.20. The third-order valence-corrected chi connectivity index (χ3v) is 5.44. The van der Waals surface area contributed by atoms with Crippen LogP contribution >= 0.6 is 0 Å². The zero-order valence-corrected chi connectivity index (χ0v) is 18.4. The highest BCUT2D eigenvalue weighted by atomic mass is 16.5. The average molecular weight is 441 g/mol. The summed E-state index contributed by atoms with van der Waals surface area (Å²) in [5, 5.41) is 12.1. The Morgan fingerprint density at radius 1 is 1.24 bits per heavy atom. The first-order valence-corrected chi connectivity index (χ1v) is 10.5. The number of pyridine rings is 2. The van der Waals surface area contributed by atoms with Gasteiger partial charge in [0.05, 0.1) is 5.69 Å². The molecule has 3 aromatic heterocycles. The summed E-state index contributed by atoms with van der Waals surface area (Å²) in [6.45, 7) is 3.82. The number of carbonyl (C=O) groups is 1. The van der Waals surface area contributed by atoms with Crippen LogP contribution in [0.15, 0.2) is 59.7 Å². The van der Waals surface area contributed by atoms with Crippen LogP contribution in [0.3, 0.4) is 0 Å². The molecule has 4 aromatic rings. The maximum Gasteiger partial charge on any atom is 0.266 e. The standard InChI is InChI=1S/C25H23N5O3/c1-16-21(17(2)27-25(32)22(16)13-26)9-10-24(31)29-18-6-5-7-20(12-18)33-15-19-14-30-11-4-3-8-23(30)28-19/h3-8,11-12,14H,9-10,15H2,1-2H3,(H,27,32)(H,29,31). The van der Waals surface area contributed by atoms with Crippen molar-refractivity contribution in [3.63, 3.8) is 0 Å². The fourth-order valence-electron chi connectivity index (χ4n) is 3.76. The third-order valence-electron chi connectivity index (χ3n) is 5.44.